The predicted molar refractivity (Wildman–Crippen MR) is 189 cm³/mol. The maximum Gasteiger partial charge on any atom is 0.137 e. The van der Waals surface area contributed by atoms with E-state index in [1.54, 1.807) is 0 Å². The van der Waals surface area contributed by atoms with Gasteiger partial charge in [0.2, 0.25) is 0 Å². The zero-order valence-electron chi connectivity index (χ0n) is 24.7. The Kier molecular flexibility index (Phi) is 5.22. The molecule has 0 fully saturated rings. The molecule has 0 aliphatic heterocycles. The van der Waals surface area contributed by atoms with Crippen LogP contribution in [-0.4, -0.2) is 23.9 Å². The molecule has 10 aromatic rings. The van der Waals surface area contributed by atoms with Crippen molar-refractivity contribution in [3.63, 3.8) is 0 Å². The molecule has 0 radical (unpaired) electrons. The fourth-order valence-electron chi connectivity index (χ4n) is 7.16. The fourth-order valence-corrected chi connectivity index (χ4v) is 7.16. The molecular weight excluding hydrogens is 562 g/mol. The standard InChI is InChI=1S/C41H25N5/c1-3-12-37-29(9-1)30-10-2-4-13-38(30)46(37)28-19-21-43-36(25-28)27-16-18-32-34(24-27)33-23-26(35-11-5-7-20-42-35)15-17-31(33)40-41(32)45-22-8-6-14-39(45)44-40/h1-25H. The van der Waals surface area contributed by atoms with Crippen LogP contribution < -0.4 is 0 Å². The van der Waals surface area contributed by atoms with Gasteiger partial charge in [0.05, 0.1) is 33.5 Å². The Morgan fingerprint density at radius 3 is 1.91 bits per heavy atom. The van der Waals surface area contributed by atoms with Crippen LogP contribution in [0.25, 0.3) is 88.2 Å². The number of imidazole rings is 1. The van der Waals surface area contributed by atoms with Crippen molar-refractivity contribution in [2.75, 3.05) is 0 Å². The maximum atomic E-state index is 5.10. The maximum absolute atomic E-state index is 5.10. The summed E-state index contributed by atoms with van der Waals surface area (Å²) < 4.78 is 4.54. The van der Waals surface area contributed by atoms with E-state index in [1.807, 2.05) is 30.6 Å². The Labute approximate surface area is 263 Å². The zero-order chi connectivity index (χ0) is 30.2. The van der Waals surface area contributed by atoms with Gasteiger partial charge in [0, 0.05) is 56.9 Å². The number of rotatable bonds is 3. The third kappa shape index (κ3) is 3.60. The Morgan fingerprint density at radius 2 is 1.13 bits per heavy atom. The second kappa shape index (κ2) is 9.58. The van der Waals surface area contributed by atoms with Crippen LogP contribution in [-0.2, 0) is 0 Å². The summed E-state index contributed by atoms with van der Waals surface area (Å²) in [6.07, 6.45) is 5.86. The van der Waals surface area contributed by atoms with Gasteiger partial charge in [-0.15, -0.1) is 0 Å². The number of fused-ring (bicyclic) bond motifs is 11. The minimum Gasteiger partial charge on any atom is -0.309 e. The Morgan fingerprint density at radius 1 is 0.457 bits per heavy atom. The SMILES string of the molecule is c1ccc(-c2ccc3c(c2)c2cc(-c4cc(-n5c6ccccc6c6ccccc65)ccn4)ccc2c2c3nc3ccccn32)nc1. The van der Waals surface area contributed by atoms with E-state index in [4.69, 9.17) is 9.97 Å². The molecule has 5 heterocycles. The molecular formula is C41H25N5. The van der Waals surface area contributed by atoms with Crippen LogP contribution in [0.1, 0.15) is 0 Å². The average molecular weight is 588 g/mol. The van der Waals surface area contributed by atoms with E-state index in [2.05, 4.69) is 135 Å². The van der Waals surface area contributed by atoms with Crippen LogP contribution in [0.5, 0.6) is 0 Å². The van der Waals surface area contributed by atoms with E-state index in [1.165, 1.54) is 21.8 Å². The minimum atomic E-state index is 0.925. The number of benzene rings is 5. The van der Waals surface area contributed by atoms with Crippen molar-refractivity contribution in [3.05, 3.63) is 152 Å². The number of para-hydroxylation sites is 2. The van der Waals surface area contributed by atoms with Crippen molar-refractivity contribution < 1.29 is 0 Å². The van der Waals surface area contributed by atoms with Gasteiger partial charge < -0.3 is 4.57 Å². The predicted octanol–water partition coefficient (Wildman–Crippen LogP) is 10.0. The summed E-state index contributed by atoms with van der Waals surface area (Å²) in [6, 6.07) is 47.0. The van der Waals surface area contributed by atoms with Gasteiger partial charge in [-0.1, -0.05) is 72.8 Å². The molecule has 214 valence electrons. The molecule has 0 bridgehead atoms. The van der Waals surface area contributed by atoms with Gasteiger partial charge in [0.25, 0.3) is 0 Å². The van der Waals surface area contributed by atoms with Crippen LogP contribution in [0.4, 0.5) is 0 Å². The number of hydrogen-bond acceptors (Lipinski definition) is 3. The van der Waals surface area contributed by atoms with Gasteiger partial charge in [-0.25, -0.2) is 4.98 Å². The first-order valence-corrected chi connectivity index (χ1v) is 15.4. The van der Waals surface area contributed by atoms with Crippen LogP contribution in [0.3, 0.4) is 0 Å². The quantitative estimate of drug-likeness (QED) is 0.193. The molecule has 0 N–H and O–H groups in total. The normalized spacial score (nSPS) is 11.9. The van der Waals surface area contributed by atoms with Gasteiger partial charge in [-0.3, -0.25) is 14.4 Å². The molecule has 0 saturated heterocycles. The fraction of sp³-hybridized carbons (Fsp3) is 0. The first-order chi connectivity index (χ1) is 22.8. The number of hydrogen-bond donors (Lipinski definition) is 0. The summed E-state index contributed by atoms with van der Waals surface area (Å²) >= 11 is 0. The van der Waals surface area contributed by atoms with Gasteiger partial charge in [-0.2, -0.15) is 0 Å². The lowest BCUT2D eigenvalue weighted by atomic mass is 9.95. The Bertz CT molecular complexity index is 2750. The van der Waals surface area contributed by atoms with Gasteiger partial charge >= 0.3 is 0 Å². The summed E-state index contributed by atoms with van der Waals surface area (Å²) in [5, 5.41) is 7.07. The van der Waals surface area contributed by atoms with E-state index in [0.717, 1.165) is 66.4 Å². The molecule has 0 atom stereocenters. The van der Waals surface area contributed by atoms with Crippen molar-refractivity contribution in [2.45, 2.75) is 0 Å². The summed E-state index contributed by atoms with van der Waals surface area (Å²) in [6.45, 7) is 0. The van der Waals surface area contributed by atoms with Gasteiger partial charge in [0.1, 0.15) is 5.65 Å². The molecule has 46 heavy (non-hydrogen) atoms. The minimum absolute atomic E-state index is 0.925. The second-order valence-corrected chi connectivity index (χ2v) is 11.7. The molecule has 0 saturated carbocycles. The van der Waals surface area contributed by atoms with Crippen LogP contribution in [0.15, 0.2) is 152 Å². The van der Waals surface area contributed by atoms with E-state index < -0.39 is 0 Å². The lowest BCUT2D eigenvalue weighted by Gasteiger charge is -2.12. The van der Waals surface area contributed by atoms with Gasteiger partial charge in [0.15, 0.2) is 0 Å². The lowest BCUT2D eigenvalue weighted by Crippen LogP contribution is -1.95. The molecule has 0 amide bonds. The highest BCUT2D eigenvalue weighted by atomic mass is 15.0. The molecule has 10 rings (SSSR count). The van der Waals surface area contributed by atoms with Crippen molar-refractivity contribution in [1.82, 2.24) is 23.9 Å². The molecule has 0 spiro atoms. The van der Waals surface area contributed by atoms with E-state index in [-0.39, 0.29) is 0 Å². The summed E-state index contributed by atoms with van der Waals surface area (Å²) in [5.41, 5.74) is 10.5. The molecule has 5 heteroatoms. The molecule has 5 nitrogen and oxygen atoms in total. The van der Waals surface area contributed by atoms with Crippen molar-refractivity contribution in [3.8, 4) is 28.2 Å². The van der Waals surface area contributed by atoms with E-state index in [9.17, 15) is 0 Å². The zero-order valence-corrected chi connectivity index (χ0v) is 24.7. The van der Waals surface area contributed by atoms with Crippen LogP contribution in [0, 0.1) is 0 Å². The van der Waals surface area contributed by atoms with Crippen molar-refractivity contribution in [2.24, 2.45) is 0 Å². The summed E-state index contributed by atoms with van der Waals surface area (Å²) in [5.74, 6) is 0. The highest BCUT2D eigenvalue weighted by molar-refractivity contribution is 6.25. The Hall–Kier alpha value is -6.33. The largest absolute Gasteiger partial charge is 0.309 e. The first kappa shape index (κ1) is 25.0. The topological polar surface area (TPSA) is 48.0 Å². The highest BCUT2D eigenvalue weighted by Crippen LogP contribution is 2.39. The highest BCUT2D eigenvalue weighted by Gasteiger charge is 2.17. The molecule has 5 aromatic heterocycles. The molecule has 5 aromatic carbocycles. The Balaban J connectivity index is 1.24. The number of aromatic nitrogens is 5. The molecule has 0 aliphatic rings. The lowest BCUT2D eigenvalue weighted by molar-refractivity contribution is 1.16. The first-order valence-electron chi connectivity index (χ1n) is 15.4. The second-order valence-electron chi connectivity index (χ2n) is 11.7. The summed E-state index contributed by atoms with van der Waals surface area (Å²) in [7, 11) is 0. The van der Waals surface area contributed by atoms with Gasteiger partial charge in [-0.05, 0) is 71.4 Å². The van der Waals surface area contributed by atoms with E-state index >= 15 is 0 Å². The summed E-state index contributed by atoms with van der Waals surface area (Å²) in [4.78, 5) is 14.6. The van der Waals surface area contributed by atoms with E-state index in [0.29, 0.717) is 0 Å². The number of nitrogens with zero attached hydrogens (tertiary/aromatic N) is 5. The monoisotopic (exact) mass is 587 g/mol. The third-order valence-corrected chi connectivity index (χ3v) is 9.21. The molecule has 0 aliphatic carbocycles. The van der Waals surface area contributed by atoms with Crippen molar-refractivity contribution in [1.29, 1.82) is 0 Å². The smallest absolute Gasteiger partial charge is 0.137 e. The average Bonchev–Trinajstić information content (AvgIpc) is 3.68. The van der Waals surface area contributed by atoms with Crippen LogP contribution >= 0.6 is 0 Å². The van der Waals surface area contributed by atoms with Crippen molar-refractivity contribution >= 4 is 60.0 Å². The third-order valence-electron chi connectivity index (χ3n) is 9.21. The number of pyridine rings is 3. The van der Waals surface area contributed by atoms with Crippen LogP contribution in [0.2, 0.25) is 0 Å². The molecule has 0 unspecified atom stereocenters.